The monoisotopic (exact) mass is 624 g/mol. The maximum absolute atomic E-state index is 13.9. The van der Waals surface area contributed by atoms with Crippen LogP contribution in [0.15, 0.2) is 22.9 Å². The van der Waals surface area contributed by atoms with Gasteiger partial charge in [0.1, 0.15) is 0 Å². The van der Waals surface area contributed by atoms with Gasteiger partial charge < -0.3 is 30.7 Å². The zero-order chi connectivity index (χ0) is 30.7. The molecule has 1 aromatic carbocycles. The number of fused-ring (bicyclic) bond motifs is 1. The maximum atomic E-state index is 13.9. The first-order valence-corrected chi connectivity index (χ1v) is 16.4. The number of hydrogen-bond donors (Lipinski definition) is 2. The molecule has 2 fully saturated rings. The number of urea groups is 1. The van der Waals surface area contributed by atoms with Gasteiger partial charge >= 0.3 is 6.03 Å². The molecule has 3 aliphatic heterocycles. The summed E-state index contributed by atoms with van der Waals surface area (Å²) in [4.78, 5) is 48.4. The third-order valence-corrected chi connectivity index (χ3v) is 10.3. The molecule has 2 aromatic rings. The molecule has 5 rings (SSSR count). The van der Waals surface area contributed by atoms with E-state index in [1.165, 1.54) is 5.56 Å². The molecule has 4 heterocycles. The van der Waals surface area contributed by atoms with E-state index >= 15 is 0 Å². The standard InChI is InChI=1S/C32H41ClN6O3S/c1-4-22-15-21(17-27(33)30(22)34)16-24(31(41)38-12-6-25(7-13-38)36(2)3)18-29(40)37-10-8-26(9-11-37)39-14-5-23-19-43-20-28(23)35-32(39)42/h1,15,17,19-20,24-26H,5-14,16,18,34H2,2-3H3,(H,35,42)/t24-/m0/s1. The summed E-state index contributed by atoms with van der Waals surface area (Å²) in [7, 11) is 4.14. The molecule has 9 nitrogen and oxygen atoms in total. The number of halogens is 1. The van der Waals surface area contributed by atoms with Crippen molar-refractivity contribution >= 4 is 52.2 Å². The van der Waals surface area contributed by atoms with Gasteiger partial charge in [0.05, 0.1) is 22.3 Å². The van der Waals surface area contributed by atoms with Crippen molar-refractivity contribution < 1.29 is 14.4 Å². The van der Waals surface area contributed by atoms with Gasteiger partial charge in [-0.25, -0.2) is 4.79 Å². The average molecular weight is 625 g/mol. The Balaban J connectivity index is 1.24. The summed E-state index contributed by atoms with van der Waals surface area (Å²) in [6.07, 6.45) is 10.2. The lowest BCUT2D eigenvalue weighted by Crippen LogP contribution is -2.51. The van der Waals surface area contributed by atoms with Crippen molar-refractivity contribution in [3.05, 3.63) is 44.6 Å². The maximum Gasteiger partial charge on any atom is 0.322 e. The van der Waals surface area contributed by atoms with E-state index in [1.807, 2.05) is 20.1 Å². The first kappa shape index (κ1) is 31.2. The van der Waals surface area contributed by atoms with Crippen LogP contribution in [0.2, 0.25) is 5.02 Å². The molecule has 0 aliphatic carbocycles. The molecule has 0 bridgehead atoms. The predicted molar refractivity (Wildman–Crippen MR) is 172 cm³/mol. The van der Waals surface area contributed by atoms with Gasteiger partial charge in [0.2, 0.25) is 11.8 Å². The summed E-state index contributed by atoms with van der Waals surface area (Å²) in [5.41, 5.74) is 9.74. The van der Waals surface area contributed by atoms with Crippen LogP contribution in [0.3, 0.4) is 0 Å². The van der Waals surface area contributed by atoms with Crippen molar-refractivity contribution in [3.8, 4) is 12.3 Å². The van der Waals surface area contributed by atoms with Crippen LogP contribution in [-0.2, 0) is 22.4 Å². The lowest BCUT2D eigenvalue weighted by molar-refractivity contribution is -0.143. The number of rotatable bonds is 7. The second kappa shape index (κ2) is 13.6. The highest BCUT2D eigenvalue weighted by Crippen LogP contribution is 2.30. The number of thiophene rings is 1. The highest BCUT2D eigenvalue weighted by molar-refractivity contribution is 7.08. The number of nitrogens with two attached hydrogens (primary N) is 1. The molecule has 230 valence electrons. The minimum absolute atomic E-state index is 0.00999. The van der Waals surface area contributed by atoms with Crippen LogP contribution in [0.25, 0.3) is 0 Å². The van der Waals surface area contributed by atoms with Gasteiger partial charge in [-0.3, -0.25) is 9.59 Å². The van der Waals surface area contributed by atoms with E-state index in [9.17, 15) is 14.4 Å². The van der Waals surface area contributed by atoms with Crippen molar-refractivity contribution in [2.24, 2.45) is 5.92 Å². The van der Waals surface area contributed by atoms with Gasteiger partial charge in [-0.15, -0.1) is 17.8 Å². The van der Waals surface area contributed by atoms with Crippen LogP contribution in [0.4, 0.5) is 16.2 Å². The van der Waals surface area contributed by atoms with E-state index in [2.05, 4.69) is 35.6 Å². The SMILES string of the molecule is C#Cc1cc(C[C@@H](CC(=O)N2CCC(N3CCc4cscc4NC3=O)CC2)C(=O)N2CCC(N(C)C)CC2)cc(Cl)c1N. The van der Waals surface area contributed by atoms with Gasteiger partial charge in [-0.2, -0.15) is 0 Å². The largest absolute Gasteiger partial charge is 0.397 e. The molecule has 2 saturated heterocycles. The lowest BCUT2D eigenvalue weighted by Gasteiger charge is -2.39. The zero-order valence-corrected chi connectivity index (χ0v) is 26.6. The number of anilines is 2. The molecule has 11 heteroatoms. The second-order valence-electron chi connectivity index (χ2n) is 12.1. The Morgan fingerprint density at radius 1 is 1.12 bits per heavy atom. The Morgan fingerprint density at radius 2 is 1.81 bits per heavy atom. The number of carbonyl (C=O) groups is 3. The average Bonchev–Trinajstić information content (AvgIpc) is 3.38. The fourth-order valence-corrected chi connectivity index (χ4v) is 7.64. The number of hydrogen-bond acceptors (Lipinski definition) is 6. The summed E-state index contributed by atoms with van der Waals surface area (Å²) in [5.74, 6) is 1.98. The summed E-state index contributed by atoms with van der Waals surface area (Å²) < 4.78 is 0. The number of nitrogen functional groups attached to an aromatic ring is 1. The summed E-state index contributed by atoms with van der Waals surface area (Å²) in [6, 6.07) is 3.99. The highest BCUT2D eigenvalue weighted by atomic mass is 35.5. The number of nitrogens with one attached hydrogen (secondary N) is 1. The number of benzene rings is 1. The summed E-state index contributed by atoms with van der Waals surface area (Å²) >= 11 is 7.97. The Hall–Kier alpha value is -3.26. The van der Waals surface area contributed by atoms with E-state index in [1.54, 1.807) is 23.5 Å². The van der Waals surface area contributed by atoms with Gasteiger partial charge in [-0.1, -0.05) is 17.5 Å². The molecule has 3 N–H and O–H groups in total. The fraction of sp³-hybridized carbons (Fsp3) is 0.531. The Morgan fingerprint density at radius 3 is 2.49 bits per heavy atom. The number of carbonyl (C=O) groups excluding carboxylic acids is 3. The topological polar surface area (TPSA) is 102 Å². The molecular formula is C32H41ClN6O3S. The van der Waals surface area contributed by atoms with Gasteiger partial charge in [0.25, 0.3) is 0 Å². The smallest absolute Gasteiger partial charge is 0.322 e. The van der Waals surface area contributed by atoms with Gasteiger partial charge in [0.15, 0.2) is 0 Å². The number of likely N-dealkylation sites (tertiary alicyclic amines) is 2. The van der Waals surface area contributed by atoms with Crippen LogP contribution in [0.5, 0.6) is 0 Å². The van der Waals surface area contributed by atoms with Crippen molar-refractivity contribution in [1.29, 1.82) is 0 Å². The predicted octanol–water partition coefficient (Wildman–Crippen LogP) is 4.15. The van der Waals surface area contributed by atoms with Crippen molar-refractivity contribution in [1.82, 2.24) is 19.6 Å². The third-order valence-electron chi connectivity index (χ3n) is 9.23. The van der Waals surface area contributed by atoms with E-state index < -0.39 is 5.92 Å². The molecule has 1 atom stereocenters. The third kappa shape index (κ3) is 7.11. The van der Waals surface area contributed by atoms with Crippen LogP contribution >= 0.6 is 22.9 Å². The molecule has 0 radical (unpaired) electrons. The van der Waals surface area contributed by atoms with Crippen LogP contribution < -0.4 is 11.1 Å². The van der Waals surface area contributed by atoms with E-state index in [0.29, 0.717) is 74.3 Å². The van der Waals surface area contributed by atoms with Crippen molar-refractivity contribution in [3.63, 3.8) is 0 Å². The Bertz CT molecular complexity index is 1390. The Kier molecular flexibility index (Phi) is 9.85. The number of terminal acetylenes is 1. The van der Waals surface area contributed by atoms with E-state index in [-0.39, 0.29) is 30.3 Å². The first-order chi connectivity index (χ1) is 20.6. The van der Waals surface area contributed by atoms with Gasteiger partial charge in [-0.05, 0) is 81.3 Å². The van der Waals surface area contributed by atoms with Crippen LogP contribution in [0, 0.1) is 18.3 Å². The van der Waals surface area contributed by atoms with E-state index in [0.717, 1.165) is 30.5 Å². The number of amides is 4. The molecule has 3 aliphatic rings. The summed E-state index contributed by atoms with van der Waals surface area (Å²) in [5, 5.41) is 7.46. The van der Waals surface area contributed by atoms with Crippen molar-refractivity contribution in [2.75, 3.05) is 57.9 Å². The normalized spacial score (nSPS) is 19.0. The molecule has 0 spiro atoms. The van der Waals surface area contributed by atoms with Crippen LogP contribution in [-0.4, -0.2) is 96.3 Å². The molecule has 0 saturated carbocycles. The minimum atomic E-state index is -0.540. The fourth-order valence-electron chi connectivity index (χ4n) is 6.57. The van der Waals surface area contributed by atoms with Crippen LogP contribution in [0.1, 0.15) is 48.8 Å². The van der Waals surface area contributed by atoms with E-state index in [4.69, 9.17) is 23.8 Å². The quantitative estimate of drug-likeness (QED) is 0.356. The second-order valence-corrected chi connectivity index (χ2v) is 13.3. The van der Waals surface area contributed by atoms with Gasteiger partial charge in [0, 0.05) is 62.2 Å². The molecule has 1 aromatic heterocycles. The molecule has 0 unspecified atom stereocenters. The summed E-state index contributed by atoms with van der Waals surface area (Å²) in [6.45, 7) is 3.11. The lowest BCUT2D eigenvalue weighted by atomic mass is 9.91. The zero-order valence-electron chi connectivity index (χ0n) is 25.0. The highest BCUT2D eigenvalue weighted by Gasteiger charge is 2.35. The molecular weight excluding hydrogens is 584 g/mol. The number of piperidine rings is 2. The number of nitrogens with zero attached hydrogens (tertiary/aromatic N) is 4. The first-order valence-electron chi connectivity index (χ1n) is 15.0. The Labute approximate surface area is 263 Å². The van der Waals surface area contributed by atoms with Crippen molar-refractivity contribution in [2.45, 2.75) is 57.0 Å². The molecule has 4 amide bonds. The minimum Gasteiger partial charge on any atom is -0.397 e. The molecule has 43 heavy (non-hydrogen) atoms.